The second kappa shape index (κ2) is 7.79. The summed E-state index contributed by atoms with van der Waals surface area (Å²) in [5, 5.41) is 2.59. The number of halogens is 2. The summed E-state index contributed by atoms with van der Waals surface area (Å²) in [7, 11) is 0. The molecule has 4 rings (SSSR count). The van der Waals surface area contributed by atoms with Crippen LogP contribution in [0, 0.1) is 11.6 Å². The molecule has 0 saturated heterocycles. The van der Waals surface area contributed by atoms with Crippen LogP contribution in [0.15, 0.2) is 65.8 Å². The minimum Gasteiger partial charge on any atom is -0.459 e. The van der Waals surface area contributed by atoms with Crippen molar-refractivity contribution in [1.29, 1.82) is 0 Å². The number of furan rings is 1. The first-order valence-electron chi connectivity index (χ1n) is 9.58. The molecule has 158 valence electrons. The minimum absolute atomic E-state index is 0.0465. The number of carbonyl (C=O) groups is 1. The van der Waals surface area contributed by atoms with Gasteiger partial charge in [0.2, 0.25) is 0 Å². The third kappa shape index (κ3) is 3.96. The van der Waals surface area contributed by atoms with Gasteiger partial charge in [0.15, 0.2) is 11.6 Å². The lowest BCUT2D eigenvalue weighted by atomic mass is 10.0. The summed E-state index contributed by atoms with van der Waals surface area (Å²) in [6.45, 7) is 5.92. The Morgan fingerprint density at radius 2 is 1.84 bits per heavy atom. The van der Waals surface area contributed by atoms with Crippen LogP contribution in [0.2, 0.25) is 0 Å². The quantitative estimate of drug-likeness (QED) is 0.472. The molecule has 6 nitrogen and oxygen atoms in total. The van der Waals surface area contributed by atoms with E-state index < -0.39 is 17.3 Å². The highest BCUT2D eigenvalue weighted by Crippen LogP contribution is 2.39. The van der Waals surface area contributed by atoms with Gasteiger partial charge in [-0.3, -0.25) is 9.78 Å². The molecule has 31 heavy (non-hydrogen) atoms. The fourth-order valence-electron chi connectivity index (χ4n) is 3.26. The van der Waals surface area contributed by atoms with Gasteiger partial charge in [0.05, 0.1) is 35.9 Å². The van der Waals surface area contributed by atoms with Crippen molar-refractivity contribution in [1.82, 2.24) is 14.5 Å². The topological polar surface area (TPSA) is 73.0 Å². The van der Waals surface area contributed by atoms with E-state index in [2.05, 4.69) is 15.3 Å². The fraction of sp³-hybridized carbons (Fsp3) is 0.174. The summed E-state index contributed by atoms with van der Waals surface area (Å²) in [5.74, 6) is -1.63. The summed E-state index contributed by atoms with van der Waals surface area (Å²) in [6, 6.07) is 8.92. The van der Waals surface area contributed by atoms with Gasteiger partial charge in [0.25, 0.3) is 5.91 Å². The van der Waals surface area contributed by atoms with Gasteiger partial charge >= 0.3 is 0 Å². The lowest BCUT2D eigenvalue weighted by Gasteiger charge is -2.25. The van der Waals surface area contributed by atoms with Crippen molar-refractivity contribution in [3.05, 3.63) is 78.8 Å². The summed E-state index contributed by atoms with van der Waals surface area (Å²) < 4.78 is 35.3. The van der Waals surface area contributed by atoms with E-state index in [0.29, 0.717) is 22.5 Å². The highest BCUT2D eigenvalue weighted by atomic mass is 19.1. The van der Waals surface area contributed by atoms with Crippen LogP contribution in [0.4, 0.5) is 14.5 Å². The molecule has 0 bridgehead atoms. The van der Waals surface area contributed by atoms with Crippen LogP contribution in [-0.4, -0.2) is 20.4 Å². The Labute approximate surface area is 177 Å². The molecule has 0 radical (unpaired) electrons. The predicted octanol–water partition coefficient (Wildman–Crippen LogP) is 5.49. The fourth-order valence-corrected chi connectivity index (χ4v) is 3.26. The van der Waals surface area contributed by atoms with Crippen molar-refractivity contribution in [2.75, 3.05) is 5.32 Å². The molecule has 3 heterocycles. The van der Waals surface area contributed by atoms with Crippen molar-refractivity contribution < 1.29 is 18.0 Å². The Hall–Kier alpha value is -3.81. The number of benzene rings is 1. The van der Waals surface area contributed by atoms with Gasteiger partial charge in [-0.15, -0.1) is 0 Å². The number of carbonyl (C=O) groups excluding carboxylic acids is 1. The van der Waals surface area contributed by atoms with Crippen molar-refractivity contribution in [2.24, 2.45) is 0 Å². The van der Waals surface area contributed by atoms with Gasteiger partial charge in [-0.2, -0.15) is 0 Å². The monoisotopic (exact) mass is 422 g/mol. The molecule has 0 spiro atoms. The molecule has 0 aliphatic rings. The summed E-state index contributed by atoms with van der Waals surface area (Å²) in [4.78, 5) is 21.1. The normalized spacial score (nSPS) is 11.5. The van der Waals surface area contributed by atoms with Crippen LogP contribution in [-0.2, 0) is 5.54 Å². The number of amides is 1. The number of nitrogens with zero attached hydrogens (tertiary/aromatic N) is 3. The molecule has 0 unspecified atom stereocenters. The van der Waals surface area contributed by atoms with Gasteiger partial charge in [-0.05, 0) is 57.2 Å². The molecule has 0 saturated carbocycles. The van der Waals surface area contributed by atoms with E-state index >= 15 is 0 Å². The average Bonchev–Trinajstić information content (AvgIpc) is 3.40. The number of rotatable bonds is 4. The number of hydrogen-bond donors (Lipinski definition) is 1. The largest absolute Gasteiger partial charge is 0.459 e. The molecular weight excluding hydrogens is 402 g/mol. The highest BCUT2D eigenvalue weighted by Gasteiger charge is 2.26. The van der Waals surface area contributed by atoms with Crippen LogP contribution in [0.25, 0.3) is 22.5 Å². The molecule has 8 heteroatoms. The maximum Gasteiger partial charge on any atom is 0.291 e. The van der Waals surface area contributed by atoms with E-state index in [1.54, 1.807) is 24.5 Å². The maximum absolute atomic E-state index is 14.9. The van der Waals surface area contributed by atoms with Gasteiger partial charge in [-0.25, -0.2) is 13.8 Å². The van der Waals surface area contributed by atoms with E-state index in [1.165, 1.54) is 30.7 Å². The van der Waals surface area contributed by atoms with E-state index in [-0.39, 0.29) is 17.3 Å². The molecular formula is C23H20F2N4O2. The van der Waals surface area contributed by atoms with Crippen LogP contribution >= 0.6 is 0 Å². The first-order valence-corrected chi connectivity index (χ1v) is 9.58. The van der Waals surface area contributed by atoms with Gasteiger partial charge in [0, 0.05) is 22.9 Å². The Kier molecular flexibility index (Phi) is 5.14. The molecule has 1 aromatic carbocycles. The molecule has 1 amide bonds. The second-order valence-corrected chi connectivity index (χ2v) is 7.96. The maximum atomic E-state index is 14.9. The zero-order valence-electron chi connectivity index (χ0n) is 17.2. The molecule has 0 aliphatic carbocycles. The van der Waals surface area contributed by atoms with Crippen LogP contribution in [0.1, 0.15) is 31.3 Å². The zero-order valence-corrected chi connectivity index (χ0v) is 17.2. The molecule has 0 aliphatic heterocycles. The highest BCUT2D eigenvalue weighted by molar-refractivity contribution is 6.05. The molecule has 3 aromatic heterocycles. The average molecular weight is 422 g/mol. The van der Waals surface area contributed by atoms with Crippen molar-refractivity contribution in [3.8, 4) is 22.5 Å². The van der Waals surface area contributed by atoms with Gasteiger partial charge < -0.3 is 14.3 Å². The molecule has 4 aromatic rings. The standard InChI is InChI=1S/C23H20F2N4O2/c1-23(2,3)29-13-27-19(14-6-8-15(24)9-7-14)21(29)16-11-26-12-17(25)20(16)28-22(30)18-5-4-10-31-18/h4-13H,1-3H3,(H,26,28,30). The van der Waals surface area contributed by atoms with Crippen molar-refractivity contribution >= 4 is 11.6 Å². The summed E-state index contributed by atoms with van der Waals surface area (Å²) in [5.41, 5.74) is 1.57. The number of pyridine rings is 1. The summed E-state index contributed by atoms with van der Waals surface area (Å²) in [6.07, 6.45) is 5.49. The first-order chi connectivity index (χ1) is 14.8. The minimum atomic E-state index is -0.705. The smallest absolute Gasteiger partial charge is 0.291 e. The van der Waals surface area contributed by atoms with E-state index in [4.69, 9.17) is 4.42 Å². The Bertz CT molecular complexity index is 1220. The number of anilines is 1. The van der Waals surface area contributed by atoms with Gasteiger partial charge in [-0.1, -0.05) is 0 Å². The second-order valence-electron chi connectivity index (χ2n) is 7.96. The predicted molar refractivity (Wildman–Crippen MR) is 112 cm³/mol. The van der Waals surface area contributed by atoms with Crippen LogP contribution in [0.5, 0.6) is 0 Å². The molecule has 0 atom stereocenters. The zero-order chi connectivity index (χ0) is 22.2. The Morgan fingerprint density at radius 3 is 2.48 bits per heavy atom. The SMILES string of the molecule is CC(C)(C)n1cnc(-c2ccc(F)cc2)c1-c1cncc(F)c1NC(=O)c1ccco1. The lowest BCUT2D eigenvalue weighted by molar-refractivity contribution is 0.0996. The Morgan fingerprint density at radius 1 is 1.10 bits per heavy atom. The number of aromatic nitrogens is 3. The lowest BCUT2D eigenvalue weighted by Crippen LogP contribution is -2.22. The van der Waals surface area contributed by atoms with Crippen LogP contribution < -0.4 is 5.32 Å². The van der Waals surface area contributed by atoms with Crippen LogP contribution in [0.3, 0.4) is 0 Å². The summed E-state index contributed by atoms with van der Waals surface area (Å²) >= 11 is 0. The van der Waals surface area contributed by atoms with E-state index in [0.717, 1.165) is 6.20 Å². The Balaban J connectivity index is 1.91. The number of hydrogen-bond acceptors (Lipinski definition) is 4. The van der Waals surface area contributed by atoms with Gasteiger partial charge in [0.1, 0.15) is 5.82 Å². The van der Waals surface area contributed by atoms with Crippen molar-refractivity contribution in [2.45, 2.75) is 26.3 Å². The van der Waals surface area contributed by atoms with E-state index in [1.807, 2.05) is 25.3 Å². The number of nitrogens with one attached hydrogen (secondary N) is 1. The third-order valence-electron chi connectivity index (χ3n) is 4.75. The molecule has 1 N–H and O–H groups in total. The first kappa shape index (κ1) is 20.5. The van der Waals surface area contributed by atoms with Crippen molar-refractivity contribution in [3.63, 3.8) is 0 Å². The third-order valence-corrected chi connectivity index (χ3v) is 4.75. The van der Waals surface area contributed by atoms with E-state index in [9.17, 15) is 13.6 Å². The molecule has 0 fully saturated rings. The number of imidazole rings is 1.